The lowest BCUT2D eigenvalue weighted by molar-refractivity contribution is -0.138. The number of hydrogen-bond acceptors (Lipinski definition) is 3. The number of aryl methyl sites for hydroxylation is 1. The van der Waals surface area contributed by atoms with Gasteiger partial charge in [-0.25, -0.2) is 4.39 Å². The van der Waals surface area contributed by atoms with Gasteiger partial charge in [-0.05, 0) is 44.0 Å². The summed E-state index contributed by atoms with van der Waals surface area (Å²) in [7, 11) is 0. The number of alkyl halides is 4. The number of carbonyl (C=O) groups excluding carboxylic acids is 1. The van der Waals surface area contributed by atoms with Gasteiger partial charge in [0.2, 0.25) is 0 Å². The van der Waals surface area contributed by atoms with Crippen molar-refractivity contribution >= 4 is 6.29 Å². The van der Waals surface area contributed by atoms with Crippen molar-refractivity contribution in [2.24, 2.45) is 0 Å². The molecule has 134 valence electrons. The van der Waals surface area contributed by atoms with Crippen LogP contribution in [0.3, 0.4) is 0 Å². The Morgan fingerprint density at radius 2 is 2.08 bits per heavy atom. The van der Waals surface area contributed by atoms with Crippen LogP contribution in [0.2, 0.25) is 0 Å². The van der Waals surface area contributed by atoms with Gasteiger partial charge < -0.3 is 9.53 Å². The zero-order valence-electron chi connectivity index (χ0n) is 13.5. The summed E-state index contributed by atoms with van der Waals surface area (Å²) < 4.78 is 57.2. The molecule has 1 heterocycles. The smallest absolute Gasteiger partial charge is 0.416 e. The van der Waals surface area contributed by atoms with E-state index in [1.165, 1.54) is 13.0 Å². The third-order valence-corrected chi connectivity index (χ3v) is 4.24. The SMILES string of the molecule is Cc1cc(OCCF)c(CN2CCCC[C@H]2C=O)cc1C(F)(F)F. The van der Waals surface area contributed by atoms with Crippen molar-refractivity contribution in [1.29, 1.82) is 0 Å². The van der Waals surface area contributed by atoms with E-state index in [0.29, 0.717) is 18.5 Å². The molecule has 0 aromatic heterocycles. The molecule has 2 rings (SSSR count). The highest BCUT2D eigenvalue weighted by molar-refractivity contribution is 5.58. The summed E-state index contributed by atoms with van der Waals surface area (Å²) in [5, 5.41) is 0. The Labute approximate surface area is 138 Å². The Hall–Kier alpha value is -1.63. The van der Waals surface area contributed by atoms with Gasteiger partial charge in [0.25, 0.3) is 0 Å². The van der Waals surface area contributed by atoms with Crippen LogP contribution in [0.4, 0.5) is 17.6 Å². The van der Waals surface area contributed by atoms with E-state index in [-0.39, 0.29) is 30.5 Å². The molecule has 0 bridgehead atoms. The largest absolute Gasteiger partial charge is 0.491 e. The van der Waals surface area contributed by atoms with Crippen LogP contribution >= 0.6 is 0 Å². The van der Waals surface area contributed by atoms with Crippen LogP contribution in [-0.2, 0) is 17.5 Å². The lowest BCUT2D eigenvalue weighted by Crippen LogP contribution is -2.40. The Morgan fingerprint density at radius 3 is 2.71 bits per heavy atom. The molecule has 3 nitrogen and oxygen atoms in total. The number of benzene rings is 1. The summed E-state index contributed by atoms with van der Waals surface area (Å²) >= 11 is 0. The van der Waals surface area contributed by atoms with E-state index in [9.17, 15) is 22.4 Å². The standard InChI is InChI=1S/C17H21F4NO2/c1-12-8-16(24-7-5-18)13(9-15(12)17(19,20)21)10-22-6-3-2-4-14(22)11-23/h8-9,11,14H,2-7,10H2,1H3/t14-/m0/s1. The van der Waals surface area contributed by atoms with Gasteiger partial charge in [-0.3, -0.25) is 4.90 Å². The van der Waals surface area contributed by atoms with Crippen LogP contribution in [0.15, 0.2) is 12.1 Å². The number of ether oxygens (including phenoxy) is 1. The molecule has 0 amide bonds. The molecular weight excluding hydrogens is 326 g/mol. The summed E-state index contributed by atoms with van der Waals surface area (Å²) in [6.07, 6.45) is -1.12. The fourth-order valence-electron chi connectivity index (χ4n) is 3.02. The zero-order valence-corrected chi connectivity index (χ0v) is 13.5. The van der Waals surface area contributed by atoms with Gasteiger partial charge >= 0.3 is 6.18 Å². The number of piperidine rings is 1. The number of hydrogen-bond donors (Lipinski definition) is 0. The molecule has 0 radical (unpaired) electrons. The second-order valence-corrected chi connectivity index (χ2v) is 5.98. The maximum Gasteiger partial charge on any atom is 0.416 e. The van der Waals surface area contributed by atoms with Crippen molar-refractivity contribution in [3.8, 4) is 5.75 Å². The third kappa shape index (κ3) is 4.47. The van der Waals surface area contributed by atoms with E-state index in [2.05, 4.69) is 0 Å². The molecule has 24 heavy (non-hydrogen) atoms. The van der Waals surface area contributed by atoms with Crippen molar-refractivity contribution in [3.63, 3.8) is 0 Å². The van der Waals surface area contributed by atoms with E-state index in [1.54, 1.807) is 0 Å². The van der Waals surface area contributed by atoms with Gasteiger partial charge in [0.15, 0.2) is 0 Å². The summed E-state index contributed by atoms with van der Waals surface area (Å²) in [5.41, 5.74) is -0.370. The van der Waals surface area contributed by atoms with Crippen molar-refractivity contribution in [2.45, 2.75) is 44.9 Å². The fraction of sp³-hybridized carbons (Fsp3) is 0.588. The second-order valence-electron chi connectivity index (χ2n) is 5.98. The molecule has 1 aliphatic heterocycles. The molecule has 1 saturated heterocycles. The first kappa shape index (κ1) is 18.7. The van der Waals surface area contributed by atoms with Crippen LogP contribution in [0, 0.1) is 6.92 Å². The molecule has 7 heteroatoms. The quantitative estimate of drug-likeness (QED) is 0.577. The van der Waals surface area contributed by atoms with Gasteiger partial charge in [-0.1, -0.05) is 6.42 Å². The molecular formula is C17H21F4NO2. The topological polar surface area (TPSA) is 29.5 Å². The highest BCUT2D eigenvalue weighted by atomic mass is 19.4. The van der Waals surface area contributed by atoms with Crippen LogP contribution < -0.4 is 4.74 Å². The summed E-state index contributed by atoms with van der Waals surface area (Å²) in [4.78, 5) is 13.0. The lowest BCUT2D eigenvalue weighted by Gasteiger charge is -2.33. The summed E-state index contributed by atoms with van der Waals surface area (Å²) in [5.74, 6) is 0.244. The van der Waals surface area contributed by atoms with Gasteiger partial charge in [0.1, 0.15) is 25.3 Å². The molecule has 1 fully saturated rings. The molecule has 0 N–H and O–H groups in total. The first-order valence-corrected chi connectivity index (χ1v) is 7.95. The summed E-state index contributed by atoms with van der Waals surface area (Å²) in [6, 6.07) is 2.05. The number of halogens is 4. The molecule has 1 atom stereocenters. The molecule has 0 unspecified atom stereocenters. The summed E-state index contributed by atoms with van der Waals surface area (Å²) in [6.45, 7) is 1.23. The van der Waals surface area contributed by atoms with Crippen molar-refractivity contribution < 1.29 is 27.1 Å². The molecule has 1 aromatic rings. The fourth-order valence-corrected chi connectivity index (χ4v) is 3.02. The van der Waals surface area contributed by atoms with E-state index in [1.807, 2.05) is 4.90 Å². The van der Waals surface area contributed by atoms with Crippen LogP contribution in [0.25, 0.3) is 0 Å². The maximum atomic E-state index is 13.2. The predicted octanol–water partition coefficient (Wildman–Crippen LogP) is 3.92. The van der Waals surface area contributed by atoms with Gasteiger partial charge in [-0.2, -0.15) is 13.2 Å². The number of nitrogens with zero attached hydrogens (tertiary/aromatic N) is 1. The minimum absolute atomic E-state index is 0.0330. The normalized spacial score (nSPS) is 19.3. The number of likely N-dealkylation sites (tertiary alicyclic amines) is 1. The van der Waals surface area contributed by atoms with E-state index in [0.717, 1.165) is 25.2 Å². The maximum absolute atomic E-state index is 13.2. The zero-order chi connectivity index (χ0) is 17.7. The van der Waals surface area contributed by atoms with Crippen molar-refractivity contribution in [3.05, 3.63) is 28.8 Å². The van der Waals surface area contributed by atoms with E-state index >= 15 is 0 Å². The highest BCUT2D eigenvalue weighted by Crippen LogP contribution is 2.36. The first-order chi connectivity index (χ1) is 11.4. The predicted molar refractivity (Wildman–Crippen MR) is 81.8 cm³/mol. The minimum atomic E-state index is -4.47. The average molecular weight is 347 g/mol. The Balaban J connectivity index is 2.34. The Kier molecular flexibility index (Phi) is 6.21. The molecule has 1 aliphatic rings. The monoisotopic (exact) mass is 347 g/mol. The Morgan fingerprint density at radius 1 is 1.33 bits per heavy atom. The second kappa shape index (κ2) is 7.96. The van der Waals surface area contributed by atoms with Gasteiger partial charge in [0.05, 0.1) is 11.6 Å². The van der Waals surface area contributed by atoms with Gasteiger partial charge in [0, 0.05) is 12.1 Å². The molecule has 0 aliphatic carbocycles. The molecule has 0 spiro atoms. The molecule has 0 saturated carbocycles. The van der Waals surface area contributed by atoms with Crippen LogP contribution in [0.1, 0.15) is 36.0 Å². The highest BCUT2D eigenvalue weighted by Gasteiger charge is 2.34. The number of carbonyl (C=O) groups is 1. The van der Waals surface area contributed by atoms with E-state index in [4.69, 9.17) is 4.74 Å². The van der Waals surface area contributed by atoms with Gasteiger partial charge in [-0.15, -0.1) is 0 Å². The number of aldehydes is 1. The number of rotatable bonds is 6. The molecule has 1 aromatic carbocycles. The van der Waals surface area contributed by atoms with E-state index < -0.39 is 18.4 Å². The third-order valence-electron chi connectivity index (χ3n) is 4.24. The Bertz CT molecular complexity index is 574. The van der Waals surface area contributed by atoms with Crippen molar-refractivity contribution in [2.75, 3.05) is 19.8 Å². The average Bonchev–Trinajstić information content (AvgIpc) is 2.54. The minimum Gasteiger partial charge on any atom is -0.491 e. The lowest BCUT2D eigenvalue weighted by atomic mass is 9.99. The van der Waals surface area contributed by atoms with Crippen LogP contribution in [-0.4, -0.2) is 37.1 Å². The van der Waals surface area contributed by atoms with Crippen LogP contribution in [0.5, 0.6) is 5.75 Å². The van der Waals surface area contributed by atoms with Crippen molar-refractivity contribution in [1.82, 2.24) is 4.90 Å². The first-order valence-electron chi connectivity index (χ1n) is 7.95.